The van der Waals surface area contributed by atoms with Gasteiger partial charge in [0, 0.05) is 6.08 Å². The zero-order valence-corrected chi connectivity index (χ0v) is 6.41. The van der Waals surface area contributed by atoms with Crippen molar-refractivity contribution in [2.45, 2.75) is 25.2 Å². The predicted octanol–water partition coefficient (Wildman–Crippen LogP) is 1.71. The molecule has 4 heteroatoms. The Morgan fingerprint density at radius 1 is 1.33 bits per heavy atom. The molecule has 0 aromatic heterocycles. The molecule has 1 fully saturated rings. The van der Waals surface area contributed by atoms with E-state index in [1.807, 2.05) is 0 Å². The first-order valence-electron chi connectivity index (χ1n) is 3.79. The van der Waals surface area contributed by atoms with E-state index in [2.05, 4.69) is 0 Å². The third-order valence-corrected chi connectivity index (χ3v) is 1.96. The van der Waals surface area contributed by atoms with Crippen molar-refractivity contribution in [3.8, 4) is 0 Å². The Kier molecular flexibility index (Phi) is 2.78. The molecule has 0 saturated heterocycles. The number of carboxylic acid groups (broad SMARTS) is 1. The van der Waals surface area contributed by atoms with Crippen molar-refractivity contribution in [1.82, 2.24) is 0 Å². The third-order valence-electron chi connectivity index (χ3n) is 1.96. The molecular formula is C8H10F2O2. The number of hydrogen-bond donors (Lipinski definition) is 1. The first-order valence-corrected chi connectivity index (χ1v) is 3.79. The fourth-order valence-corrected chi connectivity index (χ4v) is 1.35. The van der Waals surface area contributed by atoms with Crippen LogP contribution in [0.25, 0.3) is 0 Å². The summed E-state index contributed by atoms with van der Waals surface area (Å²) in [6.45, 7) is 0. The average molecular weight is 176 g/mol. The highest BCUT2D eigenvalue weighted by molar-refractivity contribution is 5.79. The van der Waals surface area contributed by atoms with Crippen LogP contribution in [-0.2, 0) is 4.79 Å². The average Bonchev–Trinajstić information content (AvgIpc) is 2.28. The first-order chi connectivity index (χ1) is 5.59. The van der Waals surface area contributed by atoms with E-state index in [1.165, 1.54) is 6.08 Å². The van der Waals surface area contributed by atoms with E-state index >= 15 is 0 Å². The van der Waals surface area contributed by atoms with Crippen molar-refractivity contribution in [2.75, 3.05) is 0 Å². The van der Waals surface area contributed by atoms with Crippen molar-refractivity contribution >= 4 is 5.97 Å². The molecule has 0 heterocycles. The Labute approximate surface area is 68.9 Å². The summed E-state index contributed by atoms with van der Waals surface area (Å²) < 4.78 is 25.1. The Balaban J connectivity index is 2.42. The van der Waals surface area contributed by atoms with Crippen LogP contribution in [0.2, 0.25) is 0 Å². The van der Waals surface area contributed by atoms with Gasteiger partial charge in [-0.05, 0) is 18.8 Å². The van der Waals surface area contributed by atoms with E-state index in [1.54, 1.807) is 0 Å². The van der Waals surface area contributed by atoms with Gasteiger partial charge in [0.1, 0.15) is 12.3 Å². The maximum atomic E-state index is 12.5. The van der Waals surface area contributed by atoms with E-state index in [9.17, 15) is 13.6 Å². The van der Waals surface area contributed by atoms with Crippen LogP contribution in [0.15, 0.2) is 12.2 Å². The van der Waals surface area contributed by atoms with Crippen LogP contribution >= 0.6 is 0 Å². The van der Waals surface area contributed by atoms with Gasteiger partial charge in [-0.25, -0.2) is 13.6 Å². The molecule has 2 nitrogen and oxygen atoms in total. The largest absolute Gasteiger partial charge is 0.478 e. The minimum atomic E-state index is -1.42. The fraction of sp³-hybridized carbons (Fsp3) is 0.625. The number of hydrogen-bond acceptors (Lipinski definition) is 1. The molecule has 1 saturated carbocycles. The van der Waals surface area contributed by atoms with Crippen molar-refractivity contribution in [2.24, 2.45) is 5.92 Å². The van der Waals surface area contributed by atoms with Gasteiger partial charge in [0.05, 0.1) is 0 Å². The predicted molar refractivity (Wildman–Crippen MR) is 39.3 cm³/mol. The number of rotatable bonds is 2. The second-order valence-electron chi connectivity index (χ2n) is 2.96. The molecular weight excluding hydrogens is 166 g/mol. The van der Waals surface area contributed by atoms with Gasteiger partial charge >= 0.3 is 5.97 Å². The lowest BCUT2D eigenvalue weighted by atomic mass is 10.1. The van der Waals surface area contributed by atoms with Crippen LogP contribution in [0, 0.1) is 5.92 Å². The quantitative estimate of drug-likeness (QED) is 0.650. The smallest absolute Gasteiger partial charge is 0.327 e. The summed E-state index contributed by atoms with van der Waals surface area (Å²) in [6, 6.07) is 0. The zero-order valence-electron chi connectivity index (χ0n) is 6.41. The van der Waals surface area contributed by atoms with Gasteiger partial charge < -0.3 is 5.11 Å². The number of carboxylic acids is 1. The lowest BCUT2D eigenvalue weighted by Gasteiger charge is -1.97. The maximum absolute atomic E-state index is 12.5. The molecule has 0 bridgehead atoms. The number of carbonyl (C=O) groups is 1. The highest BCUT2D eigenvalue weighted by atomic mass is 19.2. The van der Waals surface area contributed by atoms with Crippen LogP contribution in [0.1, 0.15) is 12.8 Å². The second kappa shape index (κ2) is 3.65. The number of halogens is 2. The fourth-order valence-electron chi connectivity index (χ4n) is 1.35. The lowest BCUT2D eigenvalue weighted by Crippen LogP contribution is -2.06. The summed E-state index contributed by atoms with van der Waals surface area (Å²) in [5, 5.41) is 8.23. The molecule has 1 aliphatic carbocycles. The summed E-state index contributed by atoms with van der Waals surface area (Å²) in [4.78, 5) is 10.0. The number of aliphatic carboxylic acids is 1. The van der Waals surface area contributed by atoms with Crippen molar-refractivity contribution in [3.63, 3.8) is 0 Å². The molecule has 2 unspecified atom stereocenters. The monoisotopic (exact) mass is 176 g/mol. The van der Waals surface area contributed by atoms with Gasteiger partial charge in [-0.3, -0.25) is 0 Å². The van der Waals surface area contributed by atoms with E-state index in [0.717, 1.165) is 6.08 Å². The van der Waals surface area contributed by atoms with Gasteiger partial charge in [0.25, 0.3) is 0 Å². The molecule has 12 heavy (non-hydrogen) atoms. The van der Waals surface area contributed by atoms with E-state index in [-0.39, 0.29) is 18.8 Å². The number of alkyl halides is 2. The van der Waals surface area contributed by atoms with Gasteiger partial charge in [0.2, 0.25) is 0 Å². The van der Waals surface area contributed by atoms with Gasteiger partial charge in [-0.15, -0.1) is 0 Å². The molecule has 68 valence electrons. The SMILES string of the molecule is O=C(O)C=CC1CC(F)C(F)C1. The normalized spacial score (nSPS) is 36.0. The topological polar surface area (TPSA) is 37.3 Å². The molecule has 0 spiro atoms. The molecule has 1 aliphatic rings. The third kappa shape index (κ3) is 2.29. The Bertz CT molecular complexity index is 193. The van der Waals surface area contributed by atoms with Crippen molar-refractivity contribution in [3.05, 3.63) is 12.2 Å². The zero-order chi connectivity index (χ0) is 9.14. The molecule has 0 aromatic carbocycles. The summed E-state index contributed by atoms with van der Waals surface area (Å²) >= 11 is 0. The molecule has 0 radical (unpaired) electrons. The standard InChI is InChI=1S/C8H10F2O2/c9-6-3-5(4-7(6)10)1-2-8(11)12/h1-2,5-7H,3-4H2,(H,11,12). The Hall–Kier alpha value is -0.930. The highest BCUT2D eigenvalue weighted by Crippen LogP contribution is 2.31. The van der Waals surface area contributed by atoms with Crippen LogP contribution in [-0.4, -0.2) is 23.4 Å². The van der Waals surface area contributed by atoms with E-state index in [4.69, 9.17) is 5.11 Å². The van der Waals surface area contributed by atoms with Crippen LogP contribution in [0.4, 0.5) is 8.78 Å². The maximum Gasteiger partial charge on any atom is 0.327 e. The molecule has 1 rings (SSSR count). The van der Waals surface area contributed by atoms with Crippen LogP contribution in [0.3, 0.4) is 0 Å². The van der Waals surface area contributed by atoms with E-state index in [0.29, 0.717) is 0 Å². The van der Waals surface area contributed by atoms with Crippen LogP contribution < -0.4 is 0 Å². The second-order valence-corrected chi connectivity index (χ2v) is 2.96. The summed E-state index contributed by atoms with van der Waals surface area (Å²) in [6.07, 6.45) is -0.346. The minimum Gasteiger partial charge on any atom is -0.478 e. The summed E-state index contributed by atoms with van der Waals surface area (Å²) in [7, 11) is 0. The minimum absolute atomic E-state index is 0.102. The van der Waals surface area contributed by atoms with Gasteiger partial charge in [0.15, 0.2) is 0 Å². The molecule has 0 aromatic rings. The Morgan fingerprint density at radius 3 is 2.25 bits per heavy atom. The molecule has 2 atom stereocenters. The van der Waals surface area contributed by atoms with Crippen LogP contribution in [0.5, 0.6) is 0 Å². The summed E-state index contributed by atoms with van der Waals surface area (Å²) in [5.74, 6) is -1.33. The molecule has 1 N–H and O–H groups in total. The first kappa shape index (κ1) is 9.16. The van der Waals surface area contributed by atoms with Crippen molar-refractivity contribution in [1.29, 1.82) is 0 Å². The van der Waals surface area contributed by atoms with Gasteiger partial charge in [-0.2, -0.15) is 0 Å². The van der Waals surface area contributed by atoms with Gasteiger partial charge in [-0.1, -0.05) is 6.08 Å². The molecule has 0 amide bonds. The summed E-state index contributed by atoms with van der Waals surface area (Å²) in [5.41, 5.74) is 0. The molecule has 0 aliphatic heterocycles. The highest BCUT2D eigenvalue weighted by Gasteiger charge is 2.32. The van der Waals surface area contributed by atoms with Crippen molar-refractivity contribution < 1.29 is 18.7 Å². The van der Waals surface area contributed by atoms with E-state index < -0.39 is 18.3 Å². The Morgan fingerprint density at radius 2 is 1.83 bits per heavy atom. The number of allylic oxidation sites excluding steroid dienone is 1. The lowest BCUT2D eigenvalue weighted by molar-refractivity contribution is -0.131.